The highest BCUT2D eigenvalue weighted by Crippen LogP contribution is 2.34. The van der Waals surface area contributed by atoms with Crippen molar-refractivity contribution in [1.29, 1.82) is 0 Å². The molecular weight excluding hydrogens is 394 g/mol. The number of aromatic nitrogens is 1. The third-order valence-corrected chi connectivity index (χ3v) is 4.89. The molecule has 1 aromatic carbocycles. The van der Waals surface area contributed by atoms with Crippen LogP contribution in [0.25, 0.3) is 0 Å². The summed E-state index contributed by atoms with van der Waals surface area (Å²) in [6.07, 6.45) is 2.61. The monoisotopic (exact) mass is 411 g/mol. The van der Waals surface area contributed by atoms with Gasteiger partial charge in [0, 0.05) is 17.6 Å². The number of hydrogen-bond donors (Lipinski definition) is 1. The Morgan fingerprint density at radius 1 is 1.24 bits per heavy atom. The number of aromatic amines is 1. The molecule has 0 bridgehead atoms. The summed E-state index contributed by atoms with van der Waals surface area (Å²) in [5.74, 6) is -0.435. The number of nitrogens with zero attached hydrogens (tertiary/aromatic N) is 2. The fourth-order valence-corrected chi connectivity index (χ4v) is 3.28. The van der Waals surface area contributed by atoms with Crippen molar-refractivity contribution in [3.8, 4) is 0 Å². The molecule has 0 saturated heterocycles. The molecule has 1 aliphatic heterocycles. The molecule has 8 heteroatoms. The average Bonchev–Trinajstić information content (AvgIpc) is 3.48. The summed E-state index contributed by atoms with van der Waals surface area (Å²) >= 11 is 5.97. The van der Waals surface area contributed by atoms with Crippen molar-refractivity contribution in [1.82, 2.24) is 9.99 Å². The summed E-state index contributed by atoms with van der Waals surface area (Å²) in [6, 6.07) is 13.6. The van der Waals surface area contributed by atoms with Crippen molar-refractivity contribution in [2.24, 2.45) is 5.10 Å². The minimum absolute atomic E-state index is 0.277. The van der Waals surface area contributed by atoms with Crippen molar-refractivity contribution < 1.29 is 18.7 Å². The van der Waals surface area contributed by atoms with Crippen molar-refractivity contribution in [2.45, 2.75) is 25.5 Å². The molecule has 4 rings (SSSR count). The molecule has 0 aliphatic carbocycles. The summed E-state index contributed by atoms with van der Waals surface area (Å²) in [5.41, 5.74) is 1.86. The number of rotatable bonds is 5. The van der Waals surface area contributed by atoms with Crippen LogP contribution in [0.5, 0.6) is 0 Å². The summed E-state index contributed by atoms with van der Waals surface area (Å²) < 4.78 is 10.8. The highest BCUT2D eigenvalue weighted by molar-refractivity contribution is 6.30. The van der Waals surface area contributed by atoms with Crippen LogP contribution >= 0.6 is 11.6 Å². The summed E-state index contributed by atoms with van der Waals surface area (Å²) in [6.45, 7) is 1.53. The Labute approximate surface area is 171 Å². The normalized spacial score (nSPS) is 17.1. The van der Waals surface area contributed by atoms with Gasteiger partial charge < -0.3 is 14.1 Å². The number of hydrogen-bond acceptors (Lipinski definition) is 5. The van der Waals surface area contributed by atoms with Crippen LogP contribution < -0.4 is 0 Å². The van der Waals surface area contributed by atoms with Gasteiger partial charge in [0.15, 0.2) is 6.10 Å². The lowest BCUT2D eigenvalue weighted by atomic mass is 10.0. The zero-order valence-corrected chi connectivity index (χ0v) is 16.3. The Morgan fingerprint density at radius 3 is 2.69 bits per heavy atom. The van der Waals surface area contributed by atoms with Gasteiger partial charge in [0.05, 0.1) is 12.0 Å². The largest absolute Gasteiger partial charge is 0.467 e. The Hall–Kier alpha value is -3.32. The van der Waals surface area contributed by atoms with Gasteiger partial charge in [-0.15, -0.1) is 0 Å². The van der Waals surface area contributed by atoms with Crippen LogP contribution in [-0.4, -0.2) is 33.7 Å². The number of carbonyl (C=O) groups is 2. The van der Waals surface area contributed by atoms with Crippen LogP contribution in [0.4, 0.5) is 0 Å². The minimum atomic E-state index is -1.02. The Kier molecular flexibility index (Phi) is 5.22. The van der Waals surface area contributed by atoms with Gasteiger partial charge in [-0.3, -0.25) is 4.79 Å². The van der Waals surface area contributed by atoms with Gasteiger partial charge in [-0.05, 0) is 48.9 Å². The van der Waals surface area contributed by atoms with Gasteiger partial charge in [-0.2, -0.15) is 5.10 Å². The average molecular weight is 412 g/mol. The Balaban J connectivity index is 1.57. The Bertz CT molecular complexity index is 1030. The highest BCUT2D eigenvalue weighted by atomic mass is 35.5. The van der Waals surface area contributed by atoms with Crippen LogP contribution in [0.1, 0.15) is 41.2 Å². The van der Waals surface area contributed by atoms with Crippen LogP contribution in [0, 0.1) is 0 Å². The van der Waals surface area contributed by atoms with Crippen molar-refractivity contribution in [3.05, 3.63) is 83.0 Å². The summed E-state index contributed by atoms with van der Waals surface area (Å²) in [4.78, 5) is 28.0. The molecule has 29 heavy (non-hydrogen) atoms. The quantitative estimate of drug-likeness (QED) is 0.638. The van der Waals surface area contributed by atoms with E-state index in [1.54, 1.807) is 48.9 Å². The van der Waals surface area contributed by atoms with E-state index < -0.39 is 24.0 Å². The van der Waals surface area contributed by atoms with Gasteiger partial charge >= 0.3 is 5.97 Å². The molecule has 3 aromatic rings. The molecule has 2 aromatic heterocycles. The van der Waals surface area contributed by atoms with Crippen LogP contribution in [0.3, 0.4) is 0 Å². The van der Waals surface area contributed by atoms with Crippen LogP contribution in [0.2, 0.25) is 5.02 Å². The molecule has 3 heterocycles. The van der Waals surface area contributed by atoms with E-state index in [0.717, 1.165) is 11.3 Å². The number of hydrazone groups is 1. The topological polar surface area (TPSA) is 87.9 Å². The minimum Gasteiger partial charge on any atom is -0.467 e. The fraction of sp³-hybridized carbons (Fsp3) is 0.190. The molecule has 0 unspecified atom stereocenters. The van der Waals surface area contributed by atoms with E-state index >= 15 is 0 Å². The number of H-pyrrole nitrogens is 1. The fourth-order valence-electron chi connectivity index (χ4n) is 3.15. The number of carbonyl (C=O) groups excluding carboxylic acids is 2. The first-order valence-corrected chi connectivity index (χ1v) is 9.45. The Morgan fingerprint density at radius 2 is 2.03 bits per heavy atom. The van der Waals surface area contributed by atoms with Crippen LogP contribution in [-0.2, 0) is 9.53 Å². The van der Waals surface area contributed by atoms with E-state index in [-0.39, 0.29) is 5.69 Å². The molecule has 7 nitrogen and oxygen atoms in total. The molecule has 0 saturated carbocycles. The first-order valence-electron chi connectivity index (χ1n) is 9.07. The zero-order chi connectivity index (χ0) is 20.4. The van der Waals surface area contributed by atoms with Gasteiger partial charge in [0.2, 0.25) is 0 Å². The van der Waals surface area contributed by atoms with E-state index in [9.17, 15) is 9.59 Å². The number of furan rings is 1. The maximum Gasteiger partial charge on any atom is 0.355 e. The van der Waals surface area contributed by atoms with E-state index in [4.69, 9.17) is 20.8 Å². The summed E-state index contributed by atoms with van der Waals surface area (Å²) in [7, 11) is 0. The maximum atomic E-state index is 13.1. The second-order valence-corrected chi connectivity index (χ2v) is 7.04. The standard InChI is InChI=1S/C21H18ClN3O4/c1-13(29-21(27)16-4-2-10-23-16)20(26)25-18(19-5-3-11-28-19)12-17(24-25)14-6-8-15(22)9-7-14/h2-11,13,18,23H,12H2,1H3/t13-,18-/m0/s1. The first kappa shape index (κ1) is 19.0. The smallest absolute Gasteiger partial charge is 0.355 e. The number of amides is 1. The second kappa shape index (κ2) is 7.97. The molecule has 0 spiro atoms. The number of benzene rings is 1. The molecule has 0 radical (unpaired) electrons. The van der Waals surface area contributed by atoms with Gasteiger partial charge in [-0.25, -0.2) is 9.80 Å². The van der Waals surface area contributed by atoms with E-state index in [0.29, 0.717) is 17.2 Å². The van der Waals surface area contributed by atoms with E-state index in [1.807, 2.05) is 12.1 Å². The van der Waals surface area contributed by atoms with E-state index in [1.165, 1.54) is 11.9 Å². The van der Waals surface area contributed by atoms with Crippen molar-refractivity contribution >= 4 is 29.2 Å². The summed E-state index contributed by atoms with van der Waals surface area (Å²) in [5, 5.41) is 6.46. The number of halogens is 1. The third kappa shape index (κ3) is 3.95. The van der Waals surface area contributed by atoms with Crippen LogP contribution in [0.15, 0.2) is 70.5 Å². The van der Waals surface area contributed by atoms with E-state index in [2.05, 4.69) is 10.1 Å². The number of ether oxygens (including phenoxy) is 1. The predicted molar refractivity (Wildman–Crippen MR) is 107 cm³/mol. The van der Waals surface area contributed by atoms with Crippen molar-refractivity contribution in [2.75, 3.05) is 0 Å². The van der Waals surface area contributed by atoms with Gasteiger partial charge in [0.25, 0.3) is 5.91 Å². The molecule has 0 fully saturated rings. The molecule has 148 valence electrons. The molecule has 2 atom stereocenters. The lowest BCUT2D eigenvalue weighted by Gasteiger charge is -2.23. The first-order chi connectivity index (χ1) is 14.0. The third-order valence-electron chi connectivity index (χ3n) is 4.63. The SMILES string of the molecule is C[C@H](OC(=O)c1ccc[nH]1)C(=O)N1N=C(c2ccc(Cl)cc2)C[C@H]1c1ccco1. The zero-order valence-electron chi connectivity index (χ0n) is 15.5. The number of esters is 1. The highest BCUT2D eigenvalue weighted by Gasteiger charge is 2.38. The number of nitrogens with one attached hydrogen (secondary N) is 1. The van der Waals surface area contributed by atoms with Crippen molar-refractivity contribution in [3.63, 3.8) is 0 Å². The van der Waals surface area contributed by atoms with Gasteiger partial charge in [0.1, 0.15) is 17.5 Å². The lowest BCUT2D eigenvalue weighted by Crippen LogP contribution is -2.37. The lowest BCUT2D eigenvalue weighted by molar-refractivity contribution is -0.142. The maximum absolute atomic E-state index is 13.1. The molecule has 1 aliphatic rings. The molecule has 1 amide bonds. The molecular formula is C21H18ClN3O4. The molecule has 1 N–H and O–H groups in total. The van der Waals surface area contributed by atoms with Gasteiger partial charge in [-0.1, -0.05) is 23.7 Å². The predicted octanol–water partition coefficient (Wildman–Crippen LogP) is 4.18. The second-order valence-electron chi connectivity index (χ2n) is 6.60.